The van der Waals surface area contributed by atoms with Crippen LogP contribution in [0.5, 0.6) is 0 Å². The number of anilines is 1. The lowest BCUT2D eigenvalue weighted by molar-refractivity contribution is -0.120. The fourth-order valence-electron chi connectivity index (χ4n) is 1.46. The Bertz CT molecular complexity index is 583. The van der Waals surface area contributed by atoms with Gasteiger partial charge in [0.05, 0.1) is 6.21 Å². The fourth-order valence-corrected chi connectivity index (χ4v) is 1.82. The second kappa shape index (κ2) is 7.64. The topological polar surface area (TPSA) is 50.7 Å². The largest absolute Gasteiger partial charge is 0.386 e. The minimum atomic E-state index is -0.239. The Kier molecular flexibility index (Phi) is 5.55. The van der Waals surface area contributed by atoms with Crippen molar-refractivity contribution in [3.63, 3.8) is 0 Å². The highest BCUT2D eigenvalue weighted by atomic mass is 127. The van der Waals surface area contributed by atoms with Crippen molar-refractivity contribution in [3.8, 4) is 0 Å². The summed E-state index contributed by atoms with van der Waals surface area (Å²) in [5.41, 5.74) is 1.66. The summed E-state index contributed by atoms with van der Waals surface area (Å²) in [5, 5.41) is 6.48. The van der Waals surface area contributed by atoms with E-state index in [-0.39, 0.29) is 12.5 Å². The summed E-state index contributed by atoms with van der Waals surface area (Å²) in [7, 11) is 0. The number of hydrogen-bond acceptors (Lipinski definition) is 3. The summed E-state index contributed by atoms with van der Waals surface area (Å²) in [4.78, 5) is 16.5. The van der Waals surface area contributed by atoms with Crippen molar-refractivity contribution in [2.24, 2.45) is 5.16 Å². The summed E-state index contributed by atoms with van der Waals surface area (Å²) >= 11 is 2.21. The Morgan fingerprint density at radius 2 is 1.85 bits per heavy atom. The van der Waals surface area contributed by atoms with E-state index in [0.717, 1.165) is 14.8 Å². The van der Waals surface area contributed by atoms with Gasteiger partial charge in [-0.1, -0.05) is 35.5 Å². The monoisotopic (exact) mass is 380 g/mol. The Balaban J connectivity index is 1.75. The molecule has 0 bridgehead atoms. The van der Waals surface area contributed by atoms with Gasteiger partial charge in [0.2, 0.25) is 0 Å². The van der Waals surface area contributed by atoms with Gasteiger partial charge in [0.15, 0.2) is 6.61 Å². The molecule has 0 atom stereocenters. The smallest absolute Gasteiger partial charge is 0.265 e. The quantitative estimate of drug-likeness (QED) is 0.492. The van der Waals surface area contributed by atoms with Crippen molar-refractivity contribution in [2.45, 2.75) is 0 Å². The van der Waals surface area contributed by atoms with E-state index < -0.39 is 0 Å². The van der Waals surface area contributed by atoms with Gasteiger partial charge in [0, 0.05) is 9.26 Å². The van der Waals surface area contributed by atoms with Crippen molar-refractivity contribution in [1.29, 1.82) is 0 Å². The maximum Gasteiger partial charge on any atom is 0.265 e. The molecule has 0 aromatic heterocycles. The van der Waals surface area contributed by atoms with Crippen LogP contribution in [0.4, 0.5) is 5.69 Å². The molecule has 2 aromatic carbocycles. The molecule has 0 heterocycles. The maximum atomic E-state index is 11.6. The van der Waals surface area contributed by atoms with Crippen LogP contribution in [0.1, 0.15) is 5.56 Å². The third-order valence-electron chi connectivity index (χ3n) is 2.40. The molecule has 20 heavy (non-hydrogen) atoms. The highest BCUT2D eigenvalue weighted by Gasteiger charge is 2.02. The van der Waals surface area contributed by atoms with Crippen molar-refractivity contribution in [2.75, 3.05) is 11.9 Å². The summed E-state index contributed by atoms with van der Waals surface area (Å²) in [5.74, 6) is -0.239. The Labute approximate surface area is 131 Å². The normalized spacial score (nSPS) is 10.4. The van der Waals surface area contributed by atoms with E-state index in [1.165, 1.54) is 0 Å². The van der Waals surface area contributed by atoms with E-state index in [0.29, 0.717) is 0 Å². The van der Waals surface area contributed by atoms with Crippen LogP contribution in [-0.2, 0) is 9.63 Å². The van der Waals surface area contributed by atoms with Crippen LogP contribution in [-0.4, -0.2) is 18.7 Å². The molecule has 0 fully saturated rings. The first-order valence-corrected chi connectivity index (χ1v) is 7.08. The molecular formula is C15H13IN2O2. The zero-order valence-electron chi connectivity index (χ0n) is 10.6. The summed E-state index contributed by atoms with van der Waals surface area (Å²) in [6, 6.07) is 17.1. The van der Waals surface area contributed by atoms with Gasteiger partial charge in [-0.25, -0.2) is 0 Å². The standard InChI is InChI=1S/C15H13IN2O2/c16-13-6-8-14(9-7-13)18-15(19)11-20-17-10-12-4-2-1-3-5-12/h1-10H,11H2,(H,18,19)/b17-10-. The molecule has 0 spiro atoms. The number of hydrogen-bond donors (Lipinski definition) is 1. The lowest BCUT2D eigenvalue weighted by atomic mass is 10.2. The van der Waals surface area contributed by atoms with Crippen LogP contribution < -0.4 is 5.32 Å². The molecule has 0 radical (unpaired) electrons. The number of nitrogens with zero attached hydrogens (tertiary/aromatic N) is 1. The molecule has 0 saturated carbocycles. The van der Waals surface area contributed by atoms with Crippen LogP contribution in [0.25, 0.3) is 0 Å². The molecule has 0 aliphatic rings. The summed E-state index contributed by atoms with van der Waals surface area (Å²) in [6.45, 7) is -0.116. The van der Waals surface area contributed by atoms with Crippen LogP contribution in [0.15, 0.2) is 59.8 Å². The number of amides is 1. The molecule has 4 nitrogen and oxygen atoms in total. The molecular weight excluding hydrogens is 367 g/mol. The SMILES string of the molecule is O=C(CO/N=C\c1ccccc1)Nc1ccc(I)cc1. The predicted molar refractivity (Wildman–Crippen MR) is 87.8 cm³/mol. The lowest BCUT2D eigenvalue weighted by Gasteiger charge is -2.04. The second-order valence-corrected chi connectivity index (χ2v) is 5.22. The van der Waals surface area contributed by atoms with E-state index in [4.69, 9.17) is 4.84 Å². The van der Waals surface area contributed by atoms with Crippen LogP contribution in [0, 0.1) is 3.57 Å². The summed E-state index contributed by atoms with van der Waals surface area (Å²) in [6.07, 6.45) is 1.57. The van der Waals surface area contributed by atoms with Gasteiger partial charge in [0.1, 0.15) is 0 Å². The third kappa shape index (κ3) is 5.00. The van der Waals surface area contributed by atoms with Gasteiger partial charge in [-0.15, -0.1) is 0 Å². The van der Waals surface area contributed by atoms with E-state index in [1.54, 1.807) is 6.21 Å². The molecule has 0 aliphatic carbocycles. The lowest BCUT2D eigenvalue weighted by Crippen LogP contribution is -2.16. The zero-order chi connectivity index (χ0) is 14.2. The molecule has 0 saturated heterocycles. The number of benzene rings is 2. The number of nitrogens with one attached hydrogen (secondary N) is 1. The van der Waals surface area contributed by atoms with Crippen LogP contribution in [0.3, 0.4) is 0 Å². The Hall–Kier alpha value is -1.89. The molecule has 0 aliphatic heterocycles. The van der Waals surface area contributed by atoms with E-state index in [9.17, 15) is 4.79 Å². The van der Waals surface area contributed by atoms with Gasteiger partial charge in [0.25, 0.3) is 5.91 Å². The van der Waals surface area contributed by atoms with Gasteiger partial charge in [-0.3, -0.25) is 4.79 Å². The van der Waals surface area contributed by atoms with Gasteiger partial charge < -0.3 is 10.2 Å². The average Bonchev–Trinajstić information content (AvgIpc) is 2.47. The van der Waals surface area contributed by atoms with E-state index >= 15 is 0 Å². The fraction of sp³-hybridized carbons (Fsp3) is 0.0667. The van der Waals surface area contributed by atoms with Crippen LogP contribution >= 0.6 is 22.6 Å². The first-order chi connectivity index (χ1) is 9.74. The minimum Gasteiger partial charge on any atom is -0.386 e. The van der Waals surface area contributed by atoms with Crippen molar-refractivity contribution < 1.29 is 9.63 Å². The van der Waals surface area contributed by atoms with Gasteiger partial charge >= 0.3 is 0 Å². The number of carbonyl (C=O) groups excluding carboxylic acids is 1. The highest BCUT2D eigenvalue weighted by molar-refractivity contribution is 14.1. The number of carbonyl (C=O) groups is 1. The van der Waals surface area contributed by atoms with Crippen molar-refractivity contribution in [1.82, 2.24) is 0 Å². The second-order valence-electron chi connectivity index (χ2n) is 3.97. The van der Waals surface area contributed by atoms with Gasteiger partial charge in [-0.05, 0) is 52.4 Å². The molecule has 1 N–H and O–H groups in total. The van der Waals surface area contributed by atoms with Crippen molar-refractivity contribution in [3.05, 3.63) is 63.7 Å². The number of halogens is 1. The Morgan fingerprint density at radius 3 is 2.55 bits per heavy atom. The maximum absolute atomic E-state index is 11.6. The van der Waals surface area contributed by atoms with Crippen LogP contribution in [0.2, 0.25) is 0 Å². The number of oxime groups is 1. The van der Waals surface area contributed by atoms with Crippen molar-refractivity contribution >= 4 is 40.4 Å². The molecule has 0 unspecified atom stereocenters. The molecule has 1 amide bonds. The molecule has 102 valence electrons. The molecule has 2 rings (SSSR count). The predicted octanol–water partition coefficient (Wildman–Crippen LogP) is 3.28. The molecule has 5 heteroatoms. The van der Waals surface area contributed by atoms with E-state index in [1.807, 2.05) is 54.6 Å². The first-order valence-electron chi connectivity index (χ1n) is 6.00. The highest BCUT2D eigenvalue weighted by Crippen LogP contribution is 2.10. The average molecular weight is 380 g/mol. The third-order valence-corrected chi connectivity index (χ3v) is 3.12. The Morgan fingerprint density at radius 1 is 1.15 bits per heavy atom. The van der Waals surface area contributed by atoms with Gasteiger partial charge in [-0.2, -0.15) is 0 Å². The van der Waals surface area contributed by atoms with E-state index in [2.05, 4.69) is 33.1 Å². The minimum absolute atomic E-state index is 0.116. The number of rotatable bonds is 5. The zero-order valence-corrected chi connectivity index (χ0v) is 12.8. The first kappa shape index (κ1) is 14.5. The summed E-state index contributed by atoms with van der Waals surface area (Å²) < 4.78 is 1.12. The molecule has 2 aromatic rings.